The maximum atomic E-state index is 11.1. The van der Waals surface area contributed by atoms with Gasteiger partial charge in [0.25, 0.3) is 15.7 Å². The highest BCUT2D eigenvalue weighted by molar-refractivity contribution is 7.89. The Morgan fingerprint density at radius 2 is 1.94 bits per heavy atom. The second-order valence-electron chi connectivity index (χ2n) is 3.30. The largest absolute Gasteiger partial charge is 0.281 e. The maximum absolute atomic E-state index is 11.1. The summed E-state index contributed by atoms with van der Waals surface area (Å²) in [6, 6.07) is 7.04. The summed E-state index contributed by atoms with van der Waals surface area (Å²) in [5.74, 6) is 0. The molecule has 0 radical (unpaired) electrons. The number of para-hydroxylation sites is 1. The lowest BCUT2D eigenvalue weighted by Gasteiger charge is -2.02. The normalized spacial score (nSPS) is 11.6. The molecule has 1 aromatic carbocycles. The number of sulfonamides is 1. The highest BCUT2D eigenvalue weighted by atomic mass is 32.2. The van der Waals surface area contributed by atoms with E-state index in [9.17, 15) is 18.5 Å². The Labute approximate surface area is 96.1 Å². The molecule has 88 valence electrons. The fourth-order valence-electron chi connectivity index (χ4n) is 1.43. The number of nitrogens with zero attached hydrogens (tertiary/aromatic N) is 2. The molecule has 0 bridgehead atoms. The van der Waals surface area contributed by atoms with Gasteiger partial charge >= 0.3 is 0 Å². The van der Waals surface area contributed by atoms with Crippen molar-refractivity contribution in [2.75, 3.05) is 0 Å². The van der Waals surface area contributed by atoms with Crippen LogP contribution in [0.5, 0.6) is 0 Å². The first kappa shape index (κ1) is 11.4. The summed E-state index contributed by atoms with van der Waals surface area (Å²) >= 11 is 0. The zero-order valence-corrected chi connectivity index (χ0v) is 9.22. The zero-order valence-electron chi connectivity index (χ0n) is 8.40. The molecular formula is C9H7N3O4S. The fraction of sp³-hybridized carbons (Fsp3) is 0. The van der Waals surface area contributed by atoms with Crippen LogP contribution in [0.3, 0.4) is 0 Å². The molecule has 8 heteroatoms. The van der Waals surface area contributed by atoms with Crippen LogP contribution in [-0.4, -0.2) is 18.3 Å². The van der Waals surface area contributed by atoms with Crippen molar-refractivity contribution in [1.82, 2.24) is 4.98 Å². The lowest BCUT2D eigenvalue weighted by molar-refractivity contribution is -0.383. The Morgan fingerprint density at radius 3 is 2.53 bits per heavy atom. The topological polar surface area (TPSA) is 116 Å². The standard InChI is InChI=1S/C9H7N3O4S/c10-17(15,16)9-5-8(12(13)14)6-3-1-2-4-7(6)11-9/h1-5H,(H2,10,15,16). The van der Waals surface area contributed by atoms with E-state index in [1.807, 2.05) is 0 Å². The van der Waals surface area contributed by atoms with Crippen LogP contribution >= 0.6 is 0 Å². The second-order valence-corrected chi connectivity index (χ2v) is 4.81. The van der Waals surface area contributed by atoms with E-state index in [0.717, 1.165) is 6.07 Å². The third-order valence-corrected chi connectivity index (χ3v) is 2.95. The highest BCUT2D eigenvalue weighted by Crippen LogP contribution is 2.26. The van der Waals surface area contributed by atoms with Gasteiger partial charge in [-0.2, -0.15) is 0 Å². The van der Waals surface area contributed by atoms with Crippen LogP contribution in [0.15, 0.2) is 35.4 Å². The number of aromatic nitrogens is 1. The molecule has 0 aliphatic carbocycles. The van der Waals surface area contributed by atoms with Gasteiger partial charge in [-0.15, -0.1) is 0 Å². The van der Waals surface area contributed by atoms with E-state index in [0.29, 0.717) is 0 Å². The molecule has 17 heavy (non-hydrogen) atoms. The summed E-state index contributed by atoms with van der Waals surface area (Å²) in [5.41, 5.74) is -0.120. The minimum absolute atomic E-state index is 0.214. The summed E-state index contributed by atoms with van der Waals surface area (Å²) in [4.78, 5) is 13.9. The Balaban J connectivity index is 2.90. The van der Waals surface area contributed by atoms with Crippen molar-refractivity contribution in [3.63, 3.8) is 0 Å². The molecule has 2 N–H and O–H groups in total. The van der Waals surface area contributed by atoms with Gasteiger partial charge in [0.15, 0.2) is 5.03 Å². The molecule has 0 saturated heterocycles. The predicted octanol–water partition coefficient (Wildman–Crippen LogP) is 0.790. The van der Waals surface area contributed by atoms with E-state index >= 15 is 0 Å². The first-order chi connectivity index (χ1) is 7.89. The summed E-state index contributed by atoms with van der Waals surface area (Å²) < 4.78 is 22.3. The van der Waals surface area contributed by atoms with E-state index in [1.54, 1.807) is 12.1 Å². The third kappa shape index (κ3) is 2.08. The first-order valence-corrected chi connectivity index (χ1v) is 6.01. The van der Waals surface area contributed by atoms with Crippen LogP contribution in [-0.2, 0) is 10.0 Å². The number of nitro groups is 1. The summed E-state index contributed by atoms with van der Waals surface area (Å²) in [5, 5.41) is 15.5. The van der Waals surface area contributed by atoms with E-state index < -0.39 is 20.0 Å². The van der Waals surface area contributed by atoms with Crippen LogP contribution < -0.4 is 5.14 Å². The quantitative estimate of drug-likeness (QED) is 0.627. The van der Waals surface area contributed by atoms with Gasteiger partial charge in [-0.25, -0.2) is 18.5 Å². The molecule has 2 rings (SSSR count). The SMILES string of the molecule is NS(=O)(=O)c1cc([N+](=O)[O-])c2ccccc2n1. The van der Waals surface area contributed by atoms with Gasteiger partial charge in [-0.3, -0.25) is 10.1 Å². The average molecular weight is 253 g/mol. The third-order valence-electron chi connectivity index (χ3n) is 2.16. The van der Waals surface area contributed by atoms with Gasteiger partial charge in [0.05, 0.1) is 21.9 Å². The van der Waals surface area contributed by atoms with Gasteiger partial charge in [-0.1, -0.05) is 12.1 Å². The molecule has 0 aliphatic rings. The van der Waals surface area contributed by atoms with Gasteiger partial charge in [0.2, 0.25) is 0 Å². The molecular weight excluding hydrogens is 246 g/mol. The Morgan fingerprint density at radius 1 is 1.29 bits per heavy atom. The molecule has 1 aromatic heterocycles. The molecule has 0 spiro atoms. The summed E-state index contributed by atoms with van der Waals surface area (Å²) in [6.45, 7) is 0. The minimum Gasteiger partial charge on any atom is -0.258 e. The molecule has 1 heterocycles. The van der Waals surface area contributed by atoms with Crippen molar-refractivity contribution >= 4 is 26.6 Å². The Bertz CT molecular complexity index is 711. The van der Waals surface area contributed by atoms with Crippen molar-refractivity contribution in [2.45, 2.75) is 5.03 Å². The number of primary sulfonamides is 1. The molecule has 0 saturated carbocycles. The lowest BCUT2D eigenvalue weighted by atomic mass is 10.2. The zero-order chi connectivity index (χ0) is 12.6. The average Bonchev–Trinajstić information content (AvgIpc) is 2.26. The fourth-order valence-corrected chi connectivity index (χ4v) is 1.93. The van der Waals surface area contributed by atoms with Crippen LogP contribution in [0, 0.1) is 10.1 Å². The smallest absolute Gasteiger partial charge is 0.258 e. The van der Waals surface area contributed by atoms with Crippen LogP contribution in [0.2, 0.25) is 0 Å². The van der Waals surface area contributed by atoms with Crippen molar-refractivity contribution in [3.05, 3.63) is 40.4 Å². The molecule has 0 aliphatic heterocycles. The van der Waals surface area contributed by atoms with Crippen molar-refractivity contribution in [3.8, 4) is 0 Å². The van der Waals surface area contributed by atoms with Crippen molar-refractivity contribution in [2.24, 2.45) is 5.14 Å². The molecule has 7 nitrogen and oxygen atoms in total. The number of benzene rings is 1. The number of nitrogens with two attached hydrogens (primary N) is 1. The summed E-state index contributed by atoms with van der Waals surface area (Å²) in [7, 11) is -4.07. The monoisotopic (exact) mass is 253 g/mol. The van der Waals surface area contributed by atoms with Crippen LogP contribution in [0.25, 0.3) is 10.9 Å². The Hall–Kier alpha value is -2.06. The van der Waals surface area contributed by atoms with Crippen molar-refractivity contribution < 1.29 is 13.3 Å². The number of pyridine rings is 1. The second kappa shape index (κ2) is 3.75. The Kier molecular flexibility index (Phi) is 2.52. The number of hydrogen-bond donors (Lipinski definition) is 1. The van der Waals surface area contributed by atoms with E-state index in [-0.39, 0.29) is 16.6 Å². The highest BCUT2D eigenvalue weighted by Gasteiger charge is 2.19. The van der Waals surface area contributed by atoms with Gasteiger partial charge in [-0.05, 0) is 12.1 Å². The predicted molar refractivity (Wildman–Crippen MR) is 59.8 cm³/mol. The number of fused-ring (bicyclic) bond motifs is 1. The van der Waals surface area contributed by atoms with Gasteiger partial charge in [0.1, 0.15) is 0 Å². The maximum Gasteiger partial charge on any atom is 0.281 e. The van der Waals surface area contributed by atoms with Crippen molar-refractivity contribution in [1.29, 1.82) is 0 Å². The molecule has 0 atom stereocenters. The van der Waals surface area contributed by atoms with E-state index in [1.165, 1.54) is 12.1 Å². The molecule has 0 amide bonds. The van der Waals surface area contributed by atoms with E-state index in [2.05, 4.69) is 4.98 Å². The molecule has 2 aromatic rings. The van der Waals surface area contributed by atoms with Crippen LogP contribution in [0.1, 0.15) is 0 Å². The summed E-state index contributed by atoms with van der Waals surface area (Å²) in [6.07, 6.45) is 0. The minimum atomic E-state index is -4.07. The van der Waals surface area contributed by atoms with E-state index in [4.69, 9.17) is 5.14 Å². The number of rotatable bonds is 2. The lowest BCUT2D eigenvalue weighted by Crippen LogP contribution is -2.14. The molecule has 0 unspecified atom stereocenters. The number of hydrogen-bond acceptors (Lipinski definition) is 5. The molecule has 0 fully saturated rings. The van der Waals surface area contributed by atoms with Gasteiger partial charge in [0, 0.05) is 0 Å². The van der Waals surface area contributed by atoms with Gasteiger partial charge < -0.3 is 0 Å². The van der Waals surface area contributed by atoms with Crippen LogP contribution in [0.4, 0.5) is 5.69 Å². The first-order valence-electron chi connectivity index (χ1n) is 4.46.